The van der Waals surface area contributed by atoms with Crippen LogP contribution in [0.4, 0.5) is 0 Å². The number of amides is 2. The van der Waals surface area contributed by atoms with Crippen molar-refractivity contribution in [3.63, 3.8) is 0 Å². The van der Waals surface area contributed by atoms with Gasteiger partial charge in [-0.25, -0.2) is 0 Å². The van der Waals surface area contributed by atoms with Crippen molar-refractivity contribution < 1.29 is 9.59 Å². The first-order chi connectivity index (χ1) is 16.9. The van der Waals surface area contributed by atoms with Crippen molar-refractivity contribution >= 4 is 33.4 Å². The maximum absolute atomic E-state index is 14.0. The van der Waals surface area contributed by atoms with Crippen LogP contribution in [0.3, 0.4) is 0 Å². The van der Waals surface area contributed by atoms with E-state index in [1.54, 1.807) is 11.3 Å². The summed E-state index contributed by atoms with van der Waals surface area (Å²) in [6.45, 7) is 7.26. The first kappa shape index (κ1) is 24.1. The van der Waals surface area contributed by atoms with Crippen LogP contribution in [-0.2, 0) is 17.8 Å². The Balaban J connectivity index is 1.51. The molecule has 186 valence electrons. The first-order valence-corrected chi connectivity index (χ1v) is 14.0. The largest absolute Gasteiger partial charge is 0.351 e. The molecule has 0 spiro atoms. The van der Waals surface area contributed by atoms with Gasteiger partial charge in [0.05, 0.1) is 16.8 Å². The number of benzene rings is 1. The molecule has 1 aliphatic carbocycles. The van der Waals surface area contributed by atoms with Crippen LogP contribution >= 0.6 is 11.3 Å². The molecule has 5 rings (SSSR count). The summed E-state index contributed by atoms with van der Waals surface area (Å²) in [5.41, 5.74) is 2.02. The second kappa shape index (κ2) is 9.81. The van der Waals surface area contributed by atoms with Crippen molar-refractivity contribution in [3.05, 3.63) is 58.6 Å². The highest BCUT2D eigenvalue weighted by Gasteiger charge is 2.48. The van der Waals surface area contributed by atoms with Crippen LogP contribution in [0.2, 0.25) is 0 Å². The molecule has 1 fully saturated rings. The molecule has 1 aromatic carbocycles. The molecule has 3 aromatic rings. The highest BCUT2D eigenvalue weighted by atomic mass is 32.1. The summed E-state index contributed by atoms with van der Waals surface area (Å²) in [5.74, 6) is 0.0648. The van der Waals surface area contributed by atoms with Crippen LogP contribution in [0, 0.1) is 0 Å². The van der Waals surface area contributed by atoms with Crippen LogP contribution < -0.4 is 5.32 Å². The quantitative estimate of drug-likeness (QED) is 0.422. The molecule has 1 N–H and O–H groups in total. The lowest BCUT2D eigenvalue weighted by Crippen LogP contribution is -2.65. The summed E-state index contributed by atoms with van der Waals surface area (Å²) in [4.78, 5) is 31.2. The Kier molecular flexibility index (Phi) is 6.75. The summed E-state index contributed by atoms with van der Waals surface area (Å²) in [7, 11) is 0. The number of hydrogen-bond donors (Lipinski definition) is 1. The Bertz CT molecular complexity index is 1210. The normalized spacial score (nSPS) is 22.1. The molecular formula is C29H37N3O2S. The fourth-order valence-corrected chi connectivity index (χ4v) is 6.82. The van der Waals surface area contributed by atoms with Gasteiger partial charge in [-0.05, 0) is 49.8 Å². The number of rotatable bonds is 6. The minimum absolute atomic E-state index is 0.0172. The van der Waals surface area contributed by atoms with E-state index in [0.29, 0.717) is 18.8 Å². The molecule has 2 atom stereocenters. The predicted molar refractivity (Wildman–Crippen MR) is 143 cm³/mol. The Morgan fingerprint density at radius 3 is 2.54 bits per heavy atom. The Morgan fingerprint density at radius 1 is 1.14 bits per heavy atom. The lowest BCUT2D eigenvalue weighted by molar-refractivity contribution is -0.133. The second-order valence-corrected chi connectivity index (χ2v) is 11.8. The highest BCUT2D eigenvalue weighted by Crippen LogP contribution is 2.37. The van der Waals surface area contributed by atoms with Crippen molar-refractivity contribution in [3.8, 4) is 0 Å². The molecule has 0 bridgehead atoms. The van der Waals surface area contributed by atoms with Gasteiger partial charge in [0.25, 0.3) is 5.91 Å². The Labute approximate surface area is 212 Å². The third-order valence-corrected chi connectivity index (χ3v) is 9.24. The summed E-state index contributed by atoms with van der Waals surface area (Å²) in [5, 5.41) is 3.38. The molecule has 2 amide bonds. The van der Waals surface area contributed by atoms with Gasteiger partial charge in [0, 0.05) is 17.5 Å². The van der Waals surface area contributed by atoms with Crippen LogP contribution in [0.1, 0.15) is 86.1 Å². The van der Waals surface area contributed by atoms with Crippen molar-refractivity contribution in [2.75, 3.05) is 6.54 Å². The first-order valence-electron chi connectivity index (χ1n) is 13.2. The minimum atomic E-state index is -0.945. The molecular weight excluding hydrogens is 454 g/mol. The molecule has 0 saturated heterocycles. The lowest BCUT2D eigenvalue weighted by Gasteiger charge is -2.45. The molecule has 2 aliphatic rings. The molecule has 0 unspecified atom stereocenters. The number of carbonyl (C=O) groups is 2. The van der Waals surface area contributed by atoms with E-state index in [1.165, 1.54) is 23.3 Å². The van der Waals surface area contributed by atoms with Gasteiger partial charge in [-0.3, -0.25) is 9.59 Å². The number of carbonyl (C=O) groups excluding carboxylic acids is 2. The predicted octanol–water partition coefficient (Wildman–Crippen LogP) is 6.12. The zero-order chi connectivity index (χ0) is 24.6. The Hall–Kier alpha value is -2.60. The molecule has 3 heterocycles. The number of thiophene rings is 1. The SMILES string of the molecule is CCc1cc2c(cc3n2C[C@](C)(C(=O)NC2CCCCCC2)N(C[C@H](C)c2ccccc2)C3=O)s1. The number of hydrogen-bond acceptors (Lipinski definition) is 3. The van der Waals surface area contributed by atoms with E-state index in [0.717, 1.165) is 42.3 Å². The van der Waals surface area contributed by atoms with Gasteiger partial charge in [-0.1, -0.05) is 69.9 Å². The zero-order valence-electron chi connectivity index (χ0n) is 21.2. The summed E-state index contributed by atoms with van der Waals surface area (Å²) in [6.07, 6.45) is 7.83. The van der Waals surface area contributed by atoms with E-state index in [9.17, 15) is 9.59 Å². The highest BCUT2D eigenvalue weighted by molar-refractivity contribution is 7.19. The lowest BCUT2D eigenvalue weighted by atomic mass is 9.91. The number of fused-ring (bicyclic) bond motifs is 3. The Morgan fingerprint density at radius 2 is 1.86 bits per heavy atom. The fraction of sp³-hybridized carbons (Fsp3) is 0.517. The molecule has 6 heteroatoms. The van der Waals surface area contributed by atoms with Gasteiger partial charge in [-0.2, -0.15) is 0 Å². The van der Waals surface area contributed by atoms with Crippen molar-refractivity contribution in [1.82, 2.24) is 14.8 Å². The topological polar surface area (TPSA) is 54.3 Å². The van der Waals surface area contributed by atoms with Gasteiger partial charge in [0.2, 0.25) is 5.91 Å². The van der Waals surface area contributed by atoms with Gasteiger partial charge >= 0.3 is 0 Å². The molecule has 0 radical (unpaired) electrons. The zero-order valence-corrected chi connectivity index (χ0v) is 22.0. The average molecular weight is 492 g/mol. The number of aryl methyl sites for hydroxylation is 1. The van der Waals surface area contributed by atoms with Crippen molar-refractivity contribution in [1.29, 1.82) is 0 Å². The molecule has 1 aliphatic heterocycles. The van der Waals surface area contributed by atoms with Gasteiger partial charge < -0.3 is 14.8 Å². The van der Waals surface area contributed by atoms with Gasteiger partial charge in [0.15, 0.2) is 0 Å². The van der Waals surface area contributed by atoms with E-state index >= 15 is 0 Å². The van der Waals surface area contributed by atoms with E-state index < -0.39 is 5.54 Å². The van der Waals surface area contributed by atoms with E-state index in [4.69, 9.17) is 0 Å². The second-order valence-electron chi connectivity index (χ2n) is 10.6. The summed E-state index contributed by atoms with van der Waals surface area (Å²) >= 11 is 1.75. The van der Waals surface area contributed by atoms with Crippen molar-refractivity contribution in [2.45, 2.75) is 89.8 Å². The van der Waals surface area contributed by atoms with E-state index in [1.807, 2.05) is 36.1 Å². The average Bonchev–Trinajstić information content (AvgIpc) is 3.31. The van der Waals surface area contributed by atoms with Crippen LogP contribution in [0.5, 0.6) is 0 Å². The smallest absolute Gasteiger partial charge is 0.271 e. The molecule has 5 nitrogen and oxygen atoms in total. The van der Waals surface area contributed by atoms with Crippen LogP contribution in [0.25, 0.3) is 10.2 Å². The maximum Gasteiger partial charge on any atom is 0.271 e. The third kappa shape index (κ3) is 4.53. The third-order valence-electron chi connectivity index (χ3n) is 8.02. The fourth-order valence-electron chi connectivity index (χ4n) is 5.77. The monoisotopic (exact) mass is 491 g/mol. The number of nitrogens with one attached hydrogen (secondary N) is 1. The van der Waals surface area contributed by atoms with E-state index in [-0.39, 0.29) is 23.8 Å². The summed E-state index contributed by atoms with van der Waals surface area (Å²) in [6, 6.07) is 14.7. The van der Waals surface area contributed by atoms with Gasteiger partial charge in [-0.15, -0.1) is 11.3 Å². The molecule has 2 aromatic heterocycles. The molecule has 1 saturated carbocycles. The minimum Gasteiger partial charge on any atom is -0.351 e. The van der Waals surface area contributed by atoms with Crippen molar-refractivity contribution in [2.24, 2.45) is 0 Å². The standard InChI is InChI=1S/C29H37N3O2S/c1-4-23-16-24-26(35-23)17-25-27(33)32(18-20(2)21-12-8-7-9-13-21)29(3,19-31(24)25)28(34)30-22-14-10-5-6-11-15-22/h7-9,12-13,16-17,20,22H,4-6,10-11,14-15,18-19H2,1-3H3,(H,30,34)/t20-,29+/m0/s1. The van der Waals surface area contributed by atoms with Crippen LogP contribution in [-0.4, -0.2) is 39.4 Å². The van der Waals surface area contributed by atoms with Crippen LogP contribution in [0.15, 0.2) is 42.5 Å². The summed E-state index contributed by atoms with van der Waals surface area (Å²) < 4.78 is 3.23. The van der Waals surface area contributed by atoms with E-state index in [2.05, 4.69) is 41.9 Å². The maximum atomic E-state index is 14.0. The molecule has 35 heavy (non-hydrogen) atoms. The number of aromatic nitrogens is 1. The number of nitrogens with zero attached hydrogens (tertiary/aromatic N) is 2. The van der Waals surface area contributed by atoms with Gasteiger partial charge in [0.1, 0.15) is 11.2 Å².